The Morgan fingerprint density at radius 2 is 1.18 bits per heavy atom. The van der Waals surface area contributed by atoms with Gasteiger partial charge in [0.05, 0.1) is 39.5 Å². The molecule has 0 amide bonds. The average Bonchev–Trinajstić information content (AvgIpc) is 3.58. The number of rotatable bonds is 2. The van der Waals surface area contributed by atoms with Crippen LogP contribution < -0.4 is 0 Å². The molecule has 4 heterocycles. The largest absolute Gasteiger partial charge is 0.308 e. The van der Waals surface area contributed by atoms with Crippen LogP contribution in [0.2, 0.25) is 0 Å². The van der Waals surface area contributed by atoms with Gasteiger partial charge in [-0.15, -0.1) is 0 Å². The Hall–Kier alpha value is -5.41. The zero-order chi connectivity index (χ0) is 26.2. The van der Waals surface area contributed by atoms with Gasteiger partial charge in [0.15, 0.2) is 0 Å². The summed E-state index contributed by atoms with van der Waals surface area (Å²) in [5.41, 5.74) is 9.39. The molecule has 0 unspecified atom stereocenters. The van der Waals surface area contributed by atoms with Crippen molar-refractivity contribution in [2.45, 2.75) is 0 Å². The van der Waals surface area contributed by atoms with Crippen molar-refractivity contribution in [2.75, 3.05) is 0 Å². The van der Waals surface area contributed by atoms with Crippen molar-refractivity contribution in [3.63, 3.8) is 0 Å². The van der Waals surface area contributed by atoms with Crippen molar-refractivity contribution in [3.05, 3.63) is 140 Å². The van der Waals surface area contributed by atoms with E-state index in [9.17, 15) is 0 Å². The smallest absolute Gasteiger partial charge is 0.0651 e. The minimum atomic E-state index is 1.06. The Kier molecular flexibility index (Phi) is 4.33. The lowest BCUT2D eigenvalue weighted by molar-refractivity contribution is 1.14. The summed E-state index contributed by atoms with van der Waals surface area (Å²) in [4.78, 5) is 4.69. The fraction of sp³-hybridized carbons (Fsp3) is 0. The maximum atomic E-state index is 4.69. The Balaban J connectivity index is 1.50. The Labute approximate surface area is 230 Å². The maximum Gasteiger partial charge on any atom is 0.0651 e. The van der Waals surface area contributed by atoms with Gasteiger partial charge in [-0.3, -0.25) is 4.98 Å². The van der Waals surface area contributed by atoms with Crippen LogP contribution in [-0.2, 0) is 0 Å². The van der Waals surface area contributed by atoms with Crippen LogP contribution >= 0.6 is 0 Å². The third-order valence-electron chi connectivity index (χ3n) is 8.33. The quantitative estimate of drug-likeness (QED) is 0.213. The summed E-state index contributed by atoms with van der Waals surface area (Å²) in [6, 6.07) is 45.9. The molecule has 0 aliphatic carbocycles. The van der Waals surface area contributed by atoms with E-state index in [0.717, 1.165) is 16.8 Å². The van der Waals surface area contributed by atoms with Crippen LogP contribution in [0.3, 0.4) is 0 Å². The van der Waals surface area contributed by atoms with Gasteiger partial charge in [0, 0.05) is 38.7 Å². The second-order valence-electron chi connectivity index (χ2n) is 10.5. The van der Waals surface area contributed by atoms with Gasteiger partial charge in [-0.1, -0.05) is 97.1 Å². The molecule has 9 rings (SSSR count). The highest BCUT2D eigenvalue weighted by molar-refractivity contribution is 6.27. The van der Waals surface area contributed by atoms with E-state index in [2.05, 4.69) is 130 Å². The minimum absolute atomic E-state index is 1.06. The first-order chi connectivity index (χ1) is 19.9. The number of pyridine rings is 2. The zero-order valence-electron chi connectivity index (χ0n) is 21.6. The molecule has 0 aliphatic heterocycles. The van der Waals surface area contributed by atoms with Crippen molar-refractivity contribution < 1.29 is 0 Å². The number of hydrogen-bond donors (Lipinski definition) is 0. The van der Waals surface area contributed by atoms with Crippen molar-refractivity contribution in [1.29, 1.82) is 0 Å². The van der Waals surface area contributed by atoms with Crippen molar-refractivity contribution in [2.24, 2.45) is 0 Å². The topological polar surface area (TPSA) is 22.2 Å². The van der Waals surface area contributed by atoms with Crippen LogP contribution in [0.15, 0.2) is 140 Å². The fourth-order valence-corrected chi connectivity index (χ4v) is 6.64. The molecule has 9 aromatic rings. The van der Waals surface area contributed by atoms with E-state index in [1.165, 1.54) is 59.9 Å². The maximum absolute atomic E-state index is 4.69. The van der Waals surface area contributed by atoms with E-state index in [1.807, 2.05) is 18.5 Å². The van der Waals surface area contributed by atoms with Crippen LogP contribution in [0, 0.1) is 0 Å². The normalized spacial score (nSPS) is 12.0. The van der Waals surface area contributed by atoms with Crippen LogP contribution in [-0.4, -0.2) is 14.0 Å². The Morgan fingerprint density at radius 3 is 2.05 bits per heavy atom. The molecule has 0 saturated carbocycles. The van der Waals surface area contributed by atoms with Gasteiger partial charge in [0.1, 0.15) is 0 Å². The lowest BCUT2D eigenvalue weighted by Crippen LogP contribution is -1.96. The van der Waals surface area contributed by atoms with E-state index in [1.54, 1.807) is 0 Å². The first-order valence-electron chi connectivity index (χ1n) is 13.6. The summed E-state index contributed by atoms with van der Waals surface area (Å²) in [5.74, 6) is 0. The number of fused-ring (bicyclic) bond motifs is 12. The van der Waals surface area contributed by atoms with E-state index in [-0.39, 0.29) is 0 Å². The van der Waals surface area contributed by atoms with Crippen LogP contribution in [0.5, 0.6) is 0 Å². The molecule has 0 spiro atoms. The molecule has 3 nitrogen and oxygen atoms in total. The molecule has 40 heavy (non-hydrogen) atoms. The summed E-state index contributed by atoms with van der Waals surface area (Å²) >= 11 is 0. The Bertz CT molecular complexity index is 2430. The van der Waals surface area contributed by atoms with Crippen LogP contribution in [0.4, 0.5) is 0 Å². The molecule has 5 aromatic carbocycles. The van der Waals surface area contributed by atoms with Gasteiger partial charge in [-0.05, 0) is 41.3 Å². The van der Waals surface area contributed by atoms with Gasteiger partial charge in [-0.25, -0.2) is 0 Å². The van der Waals surface area contributed by atoms with E-state index in [4.69, 9.17) is 4.98 Å². The molecular formula is C37H23N3. The number of para-hydroxylation sites is 2. The van der Waals surface area contributed by atoms with Gasteiger partial charge in [-0.2, -0.15) is 0 Å². The highest BCUT2D eigenvalue weighted by Gasteiger charge is 2.20. The molecule has 3 heteroatoms. The summed E-state index contributed by atoms with van der Waals surface area (Å²) in [6.45, 7) is 0. The summed E-state index contributed by atoms with van der Waals surface area (Å²) < 4.78 is 4.85. The first-order valence-corrected chi connectivity index (χ1v) is 13.6. The lowest BCUT2D eigenvalue weighted by Gasteiger charge is -2.13. The van der Waals surface area contributed by atoms with Gasteiger partial charge < -0.3 is 8.97 Å². The van der Waals surface area contributed by atoms with E-state index < -0.39 is 0 Å². The fourth-order valence-electron chi connectivity index (χ4n) is 6.64. The second kappa shape index (κ2) is 8.05. The molecule has 0 saturated heterocycles. The molecule has 0 bridgehead atoms. The zero-order valence-corrected chi connectivity index (χ0v) is 21.6. The third kappa shape index (κ3) is 2.86. The van der Waals surface area contributed by atoms with E-state index in [0.29, 0.717) is 0 Å². The summed E-state index contributed by atoms with van der Waals surface area (Å²) in [6.07, 6.45) is 3.92. The molecule has 0 N–H and O–H groups in total. The average molecular weight is 510 g/mol. The second-order valence-corrected chi connectivity index (χ2v) is 10.5. The van der Waals surface area contributed by atoms with Gasteiger partial charge in [0.2, 0.25) is 0 Å². The predicted octanol–water partition coefficient (Wildman–Crippen LogP) is 9.56. The summed E-state index contributed by atoms with van der Waals surface area (Å²) in [5, 5.41) is 7.56. The Morgan fingerprint density at radius 1 is 0.450 bits per heavy atom. The van der Waals surface area contributed by atoms with Crippen LogP contribution in [0.1, 0.15) is 0 Å². The van der Waals surface area contributed by atoms with Crippen molar-refractivity contribution in [3.8, 4) is 16.8 Å². The van der Waals surface area contributed by atoms with Gasteiger partial charge in [0.25, 0.3) is 0 Å². The van der Waals surface area contributed by atoms with Crippen molar-refractivity contribution in [1.82, 2.24) is 14.0 Å². The molecule has 0 radical (unpaired) electrons. The lowest BCUT2D eigenvalue weighted by atomic mass is 10.0. The SMILES string of the molecule is c1ccc(-c2cncc(-n3c4ccccc4c4c3ccc3c5ccccc5c5cc6ccccc6n5c34)c2)cc1. The van der Waals surface area contributed by atoms with Gasteiger partial charge >= 0.3 is 0 Å². The minimum Gasteiger partial charge on any atom is -0.308 e. The van der Waals surface area contributed by atoms with Crippen molar-refractivity contribution >= 4 is 59.9 Å². The standard InChI is InChI=1S/C37H23N3/c1-2-10-24(11-3-1)26-20-27(23-38-22-26)39-33-17-9-7-15-31(33)36-34(39)19-18-30-28-13-5-6-14-29(28)35-21-25-12-4-8-16-32(25)40(35)37(30)36/h1-23H. The monoisotopic (exact) mass is 509 g/mol. The number of hydrogen-bond acceptors (Lipinski definition) is 1. The highest BCUT2D eigenvalue weighted by atomic mass is 15.0. The first kappa shape index (κ1) is 21.5. The van der Waals surface area contributed by atoms with Crippen LogP contribution in [0.25, 0.3) is 76.7 Å². The van der Waals surface area contributed by atoms with E-state index >= 15 is 0 Å². The molecule has 0 atom stereocenters. The molecule has 186 valence electrons. The molecule has 4 aromatic heterocycles. The third-order valence-corrected chi connectivity index (χ3v) is 8.33. The molecule has 0 aliphatic rings. The summed E-state index contributed by atoms with van der Waals surface area (Å²) in [7, 11) is 0. The molecule has 0 fully saturated rings. The number of benzene rings is 5. The number of nitrogens with zero attached hydrogens (tertiary/aromatic N) is 3. The highest BCUT2D eigenvalue weighted by Crippen LogP contribution is 2.42. The number of aromatic nitrogens is 3. The molecular weight excluding hydrogens is 486 g/mol. The predicted molar refractivity (Wildman–Crippen MR) is 167 cm³/mol.